The lowest BCUT2D eigenvalue weighted by Crippen LogP contribution is -2.42. The van der Waals surface area contributed by atoms with Crippen LogP contribution in [0.25, 0.3) is 0 Å². The summed E-state index contributed by atoms with van der Waals surface area (Å²) in [6.07, 6.45) is 1.72. The van der Waals surface area contributed by atoms with Crippen LogP contribution >= 0.6 is 35.4 Å². The Morgan fingerprint density at radius 1 is 1.18 bits per heavy atom. The van der Waals surface area contributed by atoms with Gasteiger partial charge >= 0.3 is 0 Å². The quantitative estimate of drug-likeness (QED) is 0.539. The predicted octanol–water partition coefficient (Wildman–Crippen LogP) is 4.57. The van der Waals surface area contributed by atoms with Gasteiger partial charge in [0.25, 0.3) is 5.91 Å². The summed E-state index contributed by atoms with van der Waals surface area (Å²) in [5, 5.41) is 3.77. The Kier molecular flexibility index (Phi) is 7.62. The largest absolute Gasteiger partial charge is 0.378 e. The first kappa shape index (κ1) is 24.7. The fraction of sp³-hybridized carbons (Fsp3) is 0.375. The van der Waals surface area contributed by atoms with Crippen molar-refractivity contribution < 1.29 is 14.3 Å². The molecule has 0 aliphatic carbocycles. The zero-order valence-corrected chi connectivity index (χ0v) is 21.3. The Labute approximate surface area is 214 Å². The summed E-state index contributed by atoms with van der Waals surface area (Å²) < 4.78 is 5.79. The Morgan fingerprint density at radius 2 is 1.85 bits per heavy atom. The molecule has 0 spiro atoms. The van der Waals surface area contributed by atoms with Gasteiger partial charge in [-0.2, -0.15) is 0 Å². The number of para-hydroxylation sites is 1. The second kappa shape index (κ2) is 10.5. The molecule has 10 heteroatoms. The Balaban J connectivity index is 1.58. The summed E-state index contributed by atoms with van der Waals surface area (Å²) in [6.45, 7) is 1.13. The molecule has 0 saturated carbocycles. The van der Waals surface area contributed by atoms with Crippen LogP contribution in [0.3, 0.4) is 0 Å². The molecule has 2 aromatic rings. The van der Waals surface area contributed by atoms with Gasteiger partial charge in [0, 0.05) is 32.9 Å². The summed E-state index contributed by atoms with van der Waals surface area (Å²) in [5.74, 6) is -0.626. The topological polar surface area (TPSA) is 65.1 Å². The molecular weight excluding hydrogens is 495 g/mol. The van der Waals surface area contributed by atoms with E-state index in [1.807, 2.05) is 43.3 Å². The first-order valence-electron chi connectivity index (χ1n) is 11.0. The number of hydrogen-bond donors (Lipinski definition) is 1. The van der Waals surface area contributed by atoms with Crippen molar-refractivity contribution in [2.75, 3.05) is 42.4 Å². The lowest BCUT2D eigenvalue weighted by atomic mass is 10.1. The molecule has 2 heterocycles. The van der Waals surface area contributed by atoms with Crippen molar-refractivity contribution in [3.05, 3.63) is 52.5 Å². The highest BCUT2D eigenvalue weighted by Gasteiger charge is 2.45. The number of hydrogen-bond acceptors (Lipinski definition) is 5. The Bertz CT molecular complexity index is 1070. The number of thiocarbonyl (C=S) groups is 1. The average Bonchev–Trinajstić information content (AvgIpc) is 3.39. The number of carbonyl (C=O) groups excluding carboxylic acids is 2. The first-order chi connectivity index (χ1) is 16.3. The summed E-state index contributed by atoms with van der Waals surface area (Å²) in [5.41, 5.74) is 1.99. The van der Waals surface area contributed by atoms with Gasteiger partial charge < -0.3 is 19.9 Å². The van der Waals surface area contributed by atoms with E-state index in [1.54, 1.807) is 23.1 Å². The van der Waals surface area contributed by atoms with Crippen LogP contribution in [0.1, 0.15) is 19.3 Å². The van der Waals surface area contributed by atoms with Gasteiger partial charge in [0.1, 0.15) is 6.04 Å². The maximum Gasteiger partial charge on any atom is 0.256 e. The zero-order chi connectivity index (χ0) is 24.4. The maximum absolute atomic E-state index is 13.6. The summed E-state index contributed by atoms with van der Waals surface area (Å²) in [7, 11) is 3.90. The van der Waals surface area contributed by atoms with E-state index in [-0.39, 0.29) is 24.3 Å². The molecule has 4 rings (SSSR count). The van der Waals surface area contributed by atoms with Gasteiger partial charge in [0.15, 0.2) is 5.11 Å². The van der Waals surface area contributed by atoms with Gasteiger partial charge in [-0.15, -0.1) is 0 Å². The third-order valence-corrected chi connectivity index (χ3v) is 7.02. The van der Waals surface area contributed by atoms with E-state index < -0.39 is 6.04 Å². The molecule has 2 aliphatic heterocycles. The minimum Gasteiger partial charge on any atom is -0.378 e. The molecule has 180 valence electrons. The number of rotatable bonds is 7. The molecule has 0 aromatic heterocycles. The van der Waals surface area contributed by atoms with E-state index in [2.05, 4.69) is 5.32 Å². The van der Waals surface area contributed by atoms with Crippen molar-refractivity contribution in [3.8, 4) is 0 Å². The smallest absolute Gasteiger partial charge is 0.256 e. The van der Waals surface area contributed by atoms with Gasteiger partial charge in [-0.1, -0.05) is 29.3 Å². The fourth-order valence-corrected chi connectivity index (χ4v) is 5.06. The minimum atomic E-state index is -0.758. The lowest BCUT2D eigenvalue weighted by molar-refractivity contribution is -0.124. The maximum atomic E-state index is 13.6. The van der Waals surface area contributed by atoms with Crippen LogP contribution in [0.4, 0.5) is 17.1 Å². The number of carbonyl (C=O) groups is 2. The Hall–Kier alpha value is -2.39. The molecular formula is C24H26Cl2N4O3S. The summed E-state index contributed by atoms with van der Waals surface area (Å²) in [4.78, 5) is 31.8. The van der Waals surface area contributed by atoms with Gasteiger partial charge in [0.2, 0.25) is 5.91 Å². The van der Waals surface area contributed by atoms with E-state index in [1.165, 1.54) is 4.90 Å². The molecule has 0 radical (unpaired) electrons. The average molecular weight is 521 g/mol. The summed E-state index contributed by atoms with van der Waals surface area (Å²) >= 11 is 18.1. The van der Waals surface area contributed by atoms with Crippen molar-refractivity contribution in [2.45, 2.75) is 31.4 Å². The highest BCUT2D eigenvalue weighted by Crippen LogP contribution is 2.32. The van der Waals surface area contributed by atoms with Gasteiger partial charge in [0.05, 0.1) is 33.9 Å². The molecule has 2 atom stereocenters. The number of benzene rings is 2. The van der Waals surface area contributed by atoms with Crippen molar-refractivity contribution in [1.29, 1.82) is 0 Å². The van der Waals surface area contributed by atoms with Gasteiger partial charge in [-0.3, -0.25) is 14.5 Å². The van der Waals surface area contributed by atoms with Crippen molar-refractivity contribution in [1.82, 2.24) is 4.90 Å². The number of nitrogens with zero attached hydrogens (tertiary/aromatic N) is 3. The molecule has 7 nitrogen and oxygen atoms in total. The van der Waals surface area contributed by atoms with Crippen LogP contribution in [0.5, 0.6) is 0 Å². The highest BCUT2D eigenvalue weighted by atomic mass is 35.5. The molecule has 0 bridgehead atoms. The van der Waals surface area contributed by atoms with Crippen LogP contribution in [0.15, 0.2) is 42.5 Å². The molecule has 2 amide bonds. The molecule has 2 aromatic carbocycles. The van der Waals surface area contributed by atoms with E-state index >= 15 is 0 Å². The van der Waals surface area contributed by atoms with Crippen molar-refractivity contribution in [2.24, 2.45) is 0 Å². The number of nitrogens with one attached hydrogen (secondary N) is 1. The van der Waals surface area contributed by atoms with Crippen molar-refractivity contribution in [3.63, 3.8) is 0 Å². The highest BCUT2D eigenvalue weighted by molar-refractivity contribution is 7.80. The Morgan fingerprint density at radius 3 is 2.44 bits per heavy atom. The molecule has 1 N–H and O–H groups in total. The normalized spacial score (nSPS) is 20.2. The number of halogens is 2. The molecule has 2 saturated heterocycles. The number of anilines is 3. The van der Waals surface area contributed by atoms with Crippen molar-refractivity contribution >= 4 is 69.4 Å². The molecule has 0 unspecified atom stereocenters. The molecule has 2 aliphatic rings. The van der Waals surface area contributed by atoms with E-state index in [0.717, 1.165) is 18.5 Å². The number of amides is 2. The van der Waals surface area contributed by atoms with E-state index in [9.17, 15) is 9.59 Å². The third-order valence-electron chi connectivity index (χ3n) is 5.97. The molecule has 2 fully saturated rings. The van der Waals surface area contributed by atoms with E-state index in [0.29, 0.717) is 39.7 Å². The second-order valence-electron chi connectivity index (χ2n) is 8.52. The second-order valence-corrected chi connectivity index (χ2v) is 9.70. The predicted molar refractivity (Wildman–Crippen MR) is 140 cm³/mol. The fourth-order valence-electron chi connectivity index (χ4n) is 4.17. The minimum absolute atomic E-state index is 0.0367. The summed E-state index contributed by atoms with van der Waals surface area (Å²) in [6, 6.07) is 11.8. The van der Waals surface area contributed by atoms with Crippen LogP contribution in [-0.2, 0) is 14.3 Å². The van der Waals surface area contributed by atoms with E-state index in [4.69, 9.17) is 40.2 Å². The zero-order valence-electron chi connectivity index (χ0n) is 19.0. The lowest BCUT2D eigenvalue weighted by Gasteiger charge is -2.26. The first-order valence-corrected chi connectivity index (χ1v) is 12.2. The monoisotopic (exact) mass is 520 g/mol. The third kappa shape index (κ3) is 5.15. The van der Waals surface area contributed by atoms with Crippen LogP contribution in [-0.4, -0.2) is 61.2 Å². The SMILES string of the molecule is CN(C)c1ccc(N2C(=O)[C@@H](CC(=O)Nc3c(Cl)cccc3Cl)N(C[C@@H]3CCCO3)C2=S)cc1. The van der Waals surface area contributed by atoms with Gasteiger partial charge in [-0.05, 0) is 61.5 Å². The van der Waals surface area contributed by atoms with Crippen LogP contribution < -0.4 is 15.1 Å². The van der Waals surface area contributed by atoms with Crippen LogP contribution in [0, 0.1) is 0 Å². The standard InChI is InChI=1S/C24H26Cl2N4O3S/c1-28(2)15-8-10-16(11-9-15)30-23(32)20(29(24(30)34)14-17-5-4-12-33-17)13-21(31)27-22-18(25)6-3-7-19(22)26/h3,6-11,17,20H,4-5,12-14H2,1-2H3,(H,27,31)/t17-,20+/m0/s1. The molecule has 34 heavy (non-hydrogen) atoms. The van der Waals surface area contributed by atoms with Crippen LogP contribution in [0.2, 0.25) is 10.0 Å². The number of ether oxygens (including phenoxy) is 1. The van der Waals surface area contributed by atoms with Gasteiger partial charge in [-0.25, -0.2) is 0 Å².